The molecule has 2 aliphatic heterocycles. The number of hydrogen-bond donors (Lipinski definition) is 1. The van der Waals surface area contributed by atoms with Gasteiger partial charge in [0.15, 0.2) is 0 Å². The molecule has 4 nitrogen and oxygen atoms in total. The van der Waals surface area contributed by atoms with Crippen LogP contribution in [0.3, 0.4) is 0 Å². The van der Waals surface area contributed by atoms with Gasteiger partial charge in [-0.15, -0.1) is 0 Å². The van der Waals surface area contributed by atoms with Gasteiger partial charge >= 0.3 is 6.18 Å². The van der Waals surface area contributed by atoms with E-state index in [1.54, 1.807) is 0 Å². The number of likely N-dealkylation sites (tertiary alicyclic amines) is 1. The van der Waals surface area contributed by atoms with Crippen molar-refractivity contribution >= 4 is 11.6 Å². The predicted octanol–water partition coefficient (Wildman–Crippen LogP) is 5.16. The first-order valence-electron chi connectivity index (χ1n) is 11.9. The minimum Gasteiger partial charge on any atom is -0.339 e. The zero-order valence-electron chi connectivity index (χ0n) is 18.7. The molecule has 2 aromatic carbocycles. The maximum Gasteiger partial charge on any atom is 0.416 e. The Bertz CT molecular complexity index is 969. The van der Waals surface area contributed by atoms with Gasteiger partial charge in [0.2, 0.25) is 5.91 Å². The van der Waals surface area contributed by atoms with Crippen molar-refractivity contribution in [2.45, 2.75) is 62.2 Å². The van der Waals surface area contributed by atoms with Crippen molar-refractivity contribution in [2.24, 2.45) is 0 Å². The van der Waals surface area contributed by atoms with Crippen molar-refractivity contribution in [1.82, 2.24) is 10.2 Å². The van der Waals surface area contributed by atoms with Crippen LogP contribution in [0.15, 0.2) is 54.6 Å². The van der Waals surface area contributed by atoms with E-state index in [4.69, 9.17) is 0 Å². The predicted molar refractivity (Wildman–Crippen MR) is 122 cm³/mol. The van der Waals surface area contributed by atoms with E-state index in [1.165, 1.54) is 43.4 Å². The Kier molecular flexibility index (Phi) is 5.85. The van der Waals surface area contributed by atoms with Gasteiger partial charge in [-0.05, 0) is 61.4 Å². The third-order valence-electron chi connectivity index (χ3n) is 7.89. The summed E-state index contributed by atoms with van der Waals surface area (Å²) in [5, 5.41) is 2.95. The maximum atomic E-state index is 13.0. The Hall–Kier alpha value is -2.54. The molecule has 0 bridgehead atoms. The zero-order valence-corrected chi connectivity index (χ0v) is 18.7. The smallest absolute Gasteiger partial charge is 0.339 e. The van der Waals surface area contributed by atoms with Crippen LogP contribution in [0.4, 0.5) is 18.9 Å². The van der Waals surface area contributed by atoms with E-state index in [0.29, 0.717) is 37.2 Å². The second kappa shape index (κ2) is 8.67. The highest BCUT2D eigenvalue weighted by Crippen LogP contribution is 2.42. The number of alkyl halides is 3. The van der Waals surface area contributed by atoms with E-state index in [-0.39, 0.29) is 5.91 Å². The van der Waals surface area contributed by atoms with Gasteiger partial charge in [0, 0.05) is 24.8 Å². The van der Waals surface area contributed by atoms with E-state index in [1.807, 2.05) is 4.90 Å². The fourth-order valence-electron chi connectivity index (χ4n) is 6.12. The lowest BCUT2D eigenvalue weighted by Gasteiger charge is -2.48. The molecule has 2 atom stereocenters. The number of piperidine rings is 1. The van der Waals surface area contributed by atoms with Crippen LogP contribution in [0, 0.1) is 0 Å². The van der Waals surface area contributed by atoms with Crippen molar-refractivity contribution in [3.63, 3.8) is 0 Å². The zero-order chi connectivity index (χ0) is 23.1. The lowest BCUT2D eigenvalue weighted by Crippen LogP contribution is -2.58. The van der Waals surface area contributed by atoms with Crippen molar-refractivity contribution in [2.75, 3.05) is 24.7 Å². The number of nitrogens with one attached hydrogen (secondary N) is 1. The highest BCUT2D eigenvalue weighted by atomic mass is 19.4. The Morgan fingerprint density at radius 3 is 2.24 bits per heavy atom. The van der Waals surface area contributed by atoms with Gasteiger partial charge in [-0.3, -0.25) is 9.69 Å². The lowest BCUT2D eigenvalue weighted by atomic mass is 9.77. The highest BCUT2D eigenvalue weighted by molar-refractivity contribution is 5.93. The topological polar surface area (TPSA) is 35.6 Å². The van der Waals surface area contributed by atoms with Crippen molar-refractivity contribution in [1.29, 1.82) is 0 Å². The van der Waals surface area contributed by atoms with E-state index in [2.05, 4.69) is 40.5 Å². The molecule has 2 saturated heterocycles. The first-order chi connectivity index (χ1) is 15.9. The minimum absolute atomic E-state index is 0.00898. The number of amides is 1. The summed E-state index contributed by atoms with van der Waals surface area (Å²) in [5.74, 6) is 0.503. The fraction of sp³-hybridized carbons (Fsp3) is 0.500. The van der Waals surface area contributed by atoms with Gasteiger partial charge in [-0.25, -0.2) is 0 Å². The molecule has 2 heterocycles. The minimum atomic E-state index is -4.37. The normalized spacial score (nSPS) is 25.9. The second-order valence-electron chi connectivity index (χ2n) is 9.57. The summed E-state index contributed by atoms with van der Waals surface area (Å²) in [4.78, 5) is 17.5. The fourth-order valence-corrected chi connectivity index (χ4v) is 6.12. The van der Waals surface area contributed by atoms with Gasteiger partial charge in [-0.2, -0.15) is 13.2 Å². The number of halogens is 3. The van der Waals surface area contributed by atoms with E-state index in [9.17, 15) is 18.0 Å². The summed E-state index contributed by atoms with van der Waals surface area (Å²) in [6.07, 6.45) is 1.83. The molecule has 3 aliphatic rings. The molecular formula is C26H30F3N3O. The van der Waals surface area contributed by atoms with Gasteiger partial charge in [0.05, 0.1) is 12.2 Å². The molecule has 1 spiro atoms. The Morgan fingerprint density at radius 2 is 1.58 bits per heavy atom. The molecule has 1 N–H and O–H groups in total. The summed E-state index contributed by atoms with van der Waals surface area (Å²) in [7, 11) is 0. The summed E-state index contributed by atoms with van der Waals surface area (Å²) >= 11 is 0. The van der Waals surface area contributed by atoms with Crippen LogP contribution in [0.2, 0.25) is 0 Å². The first-order valence-corrected chi connectivity index (χ1v) is 11.9. The number of benzene rings is 2. The number of carbonyl (C=O) groups is 1. The van der Waals surface area contributed by atoms with Crippen molar-refractivity contribution in [3.8, 4) is 0 Å². The summed E-state index contributed by atoms with van der Waals surface area (Å²) in [5.41, 5.74) is 0.702. The Labute approximate surface area is 192 Å². The Balaban J connectivity index is 1.33. The third-order valence-corrected chi connectivity index (χ3v) is 7.89. The summed E-state index contributed by atoms with van der Waals surface area (Å²) < 4.78 is 39.0. The van der Waals surface area contributed by atoms with Crippen LogP contribution in [-0.4, -0.2) is 42.1 Å². The number of hydrogen-bond acceptors (Lipinski definition) is 3. The summed E-state index contributed by atoms with van der Waals surface area (Å²) in [6, 6.07) is 16.4. The molecule has 1 aliphatic carbocycles. The van der Waals surface area contributed by atoms with Crippen LogP contribution in [-0.2, 0) is 11.0 Å². The van der Waals surface area contributed by atoms with E-state index < -0.39 is 17.3 Å². The van der Waals surface area contributed by atoms with Crippen LogP contribution in [0.5, 0.6) is 0 Å². The van der Waals surface area contributed by atoms with Crippen LogP contribution < -0.4 is 10.2 Å². The Morgan fingerprint density at radius 1 is 0.909 bits per heavy atom. The SMILES string of the molecule is O=C1NCN(c2ccc(C(F)(F)F)cc2)C12CCN([C@@H]1CCCC[C@@H]1c1ccccc1)CC2. The van der Waals surface area contributed by atoms with E-state index >= 15 is 0 Å². The molecule has 3 fully saturated rings. The second-order valence-corrected chi connectivity index (χ2v) is 9.57. The molecule has 5 rings (SSSR count). The first kappa shape index (κ1) is 22.3. The van der Waals surface area contributed by atoms with Gasteiger partial charge < -0.3 is 10.2 Å². The average Bonchev–Trinajstić information content (AvgIpc) is 3.15. The number of rotatable bonds is 3. The maximum absolute atomic E-state index is 13.0. The lowest BCUT2D eigenvalue weighted by molar-refractivity contribution is -0.137. The van der Waals surface area contributed by atoms with Crippen LogP contribution >= 0.6 is 0 Å². The molecule has 1 saturated carbocycles. The molecule has 0 radical (unpaired) electrons. The molecule has 0 aromatic heterocycles. The quantitative estimate of drug-likeness (QED) is 0.692. The number of anilines is 1. The average molecular weight is 458 g/mol. The molecule has 2 aromatic rings. The molecular weight excluding hydrogens is 427 g/mol. The van der Waals surface area contributed by atoms with Gasteiger partial charge in [-0.1, -0.05) is 43.2 Å². The highest BCUT2D eigenvalue weighted by Gasteiger charge is 2.51. The number of nitrogens with zero attached hydrogens (tertiary/aromatic N) is 2. The third kappa shape index (κ3) is 4.12. The molecule has 176 valence electrons. The molecule has 1 amide bonds. The molecule has 7 heteroatoms. The standard InChI is InChI=1S/C26H30F3N3O/c27-26(28,29)20-10-12-21(13-11-20)32-18-30-24(33)25(32)14-16-31(17-15-25)23-9-5-4-8-22(23)19-6-2-1-3-7-19/h1-3,6-7,10-13,22-23H,4-5,8-9,14-18H2,(H,30,33)/t22-,23-/m1/s1. The van der Waals surface area contributed by atoms with Crippen molar-refractivity contribution in [3.05, 3.63) is 65.7 Å². The summed E-state index contributed by atoms with van der Waals surface area (Å²) in [6.45, 7) is 1.97. The van der Waals surface area contributed by atoms with Gasteiger partial charge in [0.1, 0.15) is 5.54 Å². The monoisotopic (exact) mass is 457 g/mol. The molecule has 33 heavy (non-hydrogen) atoms. The van der Waals surface area contributed by atoms with Gasteiger partial charge in [0.25, 0.3) is 0 Å². The molecule has 0 unspecified atom stereocenters. The van der Waals surface area contributed by atoms with Crippen LogP contribution in [0.1, 0.15) is 55.6 Å². The van der Waals surface area contributed by atoms with E-state index in [0.717, 1.165) is 25.2 Å². The number of carbonyl (C=O) groups excluding carboxylic acids is 1. The van der Waals surface area contributed by atoms with Crippen LogP contribution in [0.25, 0.3) is 0 Å². The largest absolute Gasteiger partial charge is 0.416 e. The van der Waals surface area contributed by atoms with Crippen molar-refractivity contribution < 1.29 is 18.0 Å².